The molecule has 0 bridgehead atoms. The van der Waals surface area contributed by atoms with Crippen molar-refractivity contribution in [2.75, 3.05) is 0 Å². The quantitative estimate of drug-likeness (QED) is 0.313. The van der Waals surface area contributed by atoms with Crippen LogP contribution in [0.4, 0.5) is 5.69 Å². The Morgan fingerprint density at radius 3 is 2.57 bits per heavy atom. The SMILES string of the molecule is Cc1ccc(C)c(OCc2cccc(-c3nc(-c4ccc([N+](=O)[O-])cc4)no3)c2)c1. The number of aryl methyl sites for hydroxylation is 2. The van der Waals surface area contributed by atoms with Gasteiger partial charge in [0.2, 0.25) is 5.82 Å². The van der Waals surface area contributed by atoms with Crippen LogP contribution in [0.25, 0.3) is 22.8 Å². The molecule has 0 saturated heterocycles. The van der Waals surface area contributed by atoms with Crippen LogP contribution in [0, 0.1) is 24.0 Å². The van der Waals surface area contributed by atoms with Gasteiger partial charge in [-0.05, 0) is 60.9 Å². The average molecular weight is 401 g/mol. The fourth-order valence-corrected chi connectivity index (χ4v) is 3.01. The van der Waals surface area contributed by atoms with Crippen LogP contribution >= 0.6 is 0 Å². The molecule has 0 aliphatic heterocycles. The lowest BCUT2D eigenvalue weighted by Crippen LogP contribution is -1.97. The summed E-state index contributed by atoms with van der Waals surface area (Å²) in [6.07, 6.45) is 0. The number of nitro benzene ring substituents is 1. The van der Waals surface area contributed by atoms with Gasteiger partial charge in [0.05, 0.1) is 4.92 Å². The summed E-state index contributed by atoms with van der Waals surface area (Å²) < 4.78 is 11.4. The monoisotopic (exact) mass is 401 g/mol. The Morgan fingerprint density at radius 1 is 1.00 bits per heavy atom. The lowest BCUT2D eigenvalue weighted by atomic mass is 10.1. The zero-order valence-electron chi connectivity index (χ0n) is 16.5. The highest BCUT2D eigenvalue weighted by Gasteiger charge is 2.13. The maximum Gasteiger partial charge on any atom is 0.269 e. The van der Waals surface area contributed by atoms with Gasteiger partial charge >= 0.3 is 0 Å². The van der Waals surface area contributed by atoms with Gasteiger partial charge in [0.25, 0.3) is 11.6 Å². The number of benzene rings is 3. The maximum atomic E-state index is 10.8. The third-order valence-electron chi connectivity index (χ3n) is 4.67. The van der Waals surface area contributed by atoms with E-state index in [1.807, 2.05) is 50.2 Å². The molecule has 7 nitrogen and oxygen atoms in total. The van der Waals surface area contributed by atoms with Crippen molar-refractivity contribution in [3.05, 3.63) is 93.5 Å². The summed E-state index contributed by atoms with van der Waals surface area (Å²) >= 11 is 0. The van der Waals surface area contributed by atoms with Crippen molar-refractivity contribution in [3.63, 3.8) is 0 Å². The van der Waals surface area contributed by atoms with Gasteiger partial charge in [0.15, 0.2) is 0 Å². The minimum atomic E-state index is -0.447. The molecule has 0 N–H and O–H groups in total. The zero-order valence-corrected chi connectivity index (χ0v) is 16.5. The van der Waals surface area contributed by atoms with Crippen molar-refractivity contribution in [1.29, 1.82) is 0 Å². The second-order valence-electron chi connectivity index (χ2n) is 6.99. The number of hydrogen-bond acceptors (Lipinski definition) is 6. The van der Waals surface area contributed by atoms with Crippen LogP contribution in [0.3, 0.4) is 0 Å². The van der Waals surface area contributed by atoms with Crippen LogP contribution in [0.1, 0.15) is 16.7 Å². The Balaban J connectivity index is 1.51. The summed E-state index contributed by atoms with van der Waals surface area (Å²) in [5, 5.41) is 14.8. The van der Waals surface area contributed by atoms with Crippen molar-refractivity contribution < 1.29 is 14.2 Å². The first-order valence-electron chi connectivity index (χ1n) is 9.37. The number of nitro groups is 1. The number of aromatic nitrogens is 2. The topological polar surface area (TPSA) is 91.3 Å². The second kappa shape index (κ2) is 8.16. The molecule has 0 saturated carbocycles. The van der Waals surface area contributed by atoms with Gasteiger partial charge in [-0.1, -0.05) is 29.4 Å². The van der Waals surface area contributed by atoms with E-state index in [-0.39, 0.29) is 5.69 Å². The highest BCUT2D eigenvalue weighted by Crippen LogP contribution is 2.25. The second-order valence-corrected chi connectivity index (χ2v) is 6.99. The number of hydrogen-bond donors (Lipinski definition) is 0. The standard InChI is InChI=1S/C23H19N3O4/c1-15-6-7-16(2)21(12-15)29-14-17-4-3-5-19(13-17)23-24-22(25-30-23)18-8-10-20(11-9-18)26(27)28/h3-13H,14H2,1-2H3. The number of rotatable bonds is 6. The largest absolute Gasteiger partial charge is 0.489 e. The first-order chi connectivity index (χ1) is 14.5. The normalized spacial score (nSPS) is 10.7. The molecule has 0 amide bonds. The molecule has 3 aromatic carbocycles. The van der Waals surface area contributed by atoms with E-state index in [4.69, 9.17) is 9.26 Å². The van der Waals surface area contributed by atoms with Crippen LogP contribution < -0.4 is 4.74 Å². The molecule has 0 aliphatic carbocycles. The van der Waals surface area contributed by atoms with Crippen molar-refractivity contribution in [3.8, 4) is 28.6 Å². The Bertz CT molecular complexity index is 1200. The van der Waals surface area contributed by atoms with E-state index in [0.29, 0.717) is 23.9 Å². The summed E-state index contributed by atoms with van der Waals surface area (Å²) in [4.78, 5) is 14.8. The van der Waals surface area contributed by atoms with Crippen LogP contribution in [-0.2, 0) is 6.61 Å². The summed E-state index contributed by atoms with van der Waals surface area (Å²) in [7, 11) is 0. The molecule has 0 unspecified atom stereocenters. The van der Waals surface area contributed by atoms with E-state index in [0.717, 1.165) is 28.0 Å². The summed E-state index contributed by atoms with van der Waals surface area (Å²) in [5.74, 6) is 1.60. The van der Waals surface area contributed by atoms with Gasteiger partial charge in [-0.2, -0.15) is 4.98 Å². The predicted molar refractivity (Wildman–Crippen MR) is 112 cm³/mol. The predicted octanol–water partition coefficient (Wildman–Crippen LogP) is 5.51. The van der Waals surface area contributed by atoms with E-state index >= 15 is 0 Å². The molecule has 0 atom stereocenters. The molecule has 7 heteroatoms. The minimum absolute atomic E-state index is 0.0130. The smallest absolute Gasteiger partial charge is 0.269 e. The number of ether oxygens (including phenoxy) is 1. The molecule has 30 heavy (non-hydrogen) atoms. The third-order valence-corrected chi connectivity index (χ3v) is 4.67. The molecule has 0 radical (unpaired) electrons. The highest BCUT2D eigenvalue weighted by atomic mass is 16.6. The van der Waals surface area contributed by atoms with Gasteiger partial charge < -0.3 is 9.26 Å². The van der Waals surface area contributed by atoms with E-state index in [1.54, 1.807) is 12.1 Å². The van der Waals surface area contributed by atoms with Crippen LogP contribution in [0.2, 0.25) is 0 Å². The number of nitrogens with zero attached hydrogens (tertiary/aromatic N) is 3. The van der Waals surface area contributed by atoms with Gasteiger partial charge in [-0.15, -0.1) is 0 Å². The molecule has 1 heterocycles. The van der Waals surface area contributed by atoms with Gasteiger partial charge in [-0.25, -0.2) is 0 Å². The summed E-state index contributed by atoms with van der Waals surface area (Å²) in [5.41, 5.74) is 4.64. The van der Waals surface area contributed by atoms with E-state index in [1.165, 1.54) is 12.1 Å². The molecule has 1 aromatic heterocycles. The fourth-order valence-electron chi connectivity index (χ4n) is 3.01. The third kappa shape index (κ3) is 4.20. The lowest BCUT2D eigenvalue weighted by molar-refractivity contribution is -0.384. The van der Waals surface area contributed by atoms with E-state index in [9.17, 15) is 10.1 Å². The Morgan fingerprint density at radius 2 is 1.80 bits per heavy atom. The van der Waals surface area contributed by atoms with Crippen LogP contribution in [0.5, 0.6) is 5.75 Å². The molecule has 0 spiro atoms. The molecular formula is C23H19N3O4. The lowest BCUT2D eigenvalue weighted by Gasteiger charge is -2.10. The molecule has 0 aliphatic rings. The van der Waals surface area contributed by atoms with Gasteiger partial charge in [0, 0.05) is 23.3 Å². The van der Waals surface area contributed by atoms with E-state index < -0.39 is 4.92 Å². The maximum absolute atomic E-state index is 10.8. The summed E-state index contributed by atoms with van der Waals surface area (Å²) in [6.45, 7) is 4.47. The molecular weight excluding hydrogens is 382 g/mol. The first kappa shape index (κ1) is 19.3. The van der Waals surface area contributed by atoms with Crippen LogP contribution in [0.15, 0.2) is 71.3 Å². The van der Waals surface area contributed by atoms with Crippen molar-refractivity contribution in [1.82, 2.24) is 10.1 Å². The first-order valence-corrected chi connectivity index (χ1v) is 9.37. The molecule has 150 valence electrons. The van der Waals surface area contributed by atoms with Gasteiger partial charge in [-0.3, -0.25) is 10.1 Å². The minimum Gasteiger partial charge on any atom is -0.489 e. The Hall–Kier alpha value is -4.00. The molecule has 4 rings (SSSR count). The molecule has 4 aromatic rings. The zero-order chi connectivity index (χ0) is 21.1. The fraction of sp³-hybridized carbons (Fsp3) is 0.130. The van der Waals surface area contributed by atoms with E-state index in [2.05, 4.69) is 16.2 Å². The molecule has 0 fully saturated rings. The Labute approximate surface area is 173 Å². The average Bonchev–Trinajstić information content (AvgIpc) is 3.25. The number of non-ortho nitro benzene ring substituents is 1. The Kier molecular flexibility index (Phi) is 5.26. The highest BCUT2D eigenvalue weighted by molar-refractivity contribution is 5.61. The van der Waals surface area contributed by atoms with Crippen molar-refractivity contribution >= 4 is 5.69 Å². The van der Waals surface area contributed by atoms with Gasteiger partial charge in [0.1, 0.15) is 12.4 Å². The van der Waals surface area contributed by atoms with Crippen molar-refractivity contribution in [2.45, 2.75) is 20.5 Å². The summed E-state index contributed by atoms with van der Waals surface area (Å²) in [6, 6.07) is 19.9. The van der Waals surface area contributed by atoms with Crippen molar-refractivity contribution in [2.24, 2.45) is 0 Å². The van der Waals surface area contributed by atoms with Crippen LogP contribution in [-0.4, -0.2) is 15.1 Å².